The van der Waals surface area contributed by atoms with E-state index in [0.29, 0.717) is 18.8 Å². The molecular weight excluding hydrogens is 430 g/mol. The summed E-state index contributed by atoms with van der Waals surface area (Å²) in [6.45, 7) is 3.03. The smallest absolute Gasteiger partial charge is 0.271 e. The van der Waals surface area contributed by atoms with Gasteiger partial charge in [0.2, 0.25) is 5.91 Å². The molecule has 1 atom stereocenters. The lowest BCUT2D eigenvalue weighted by Gasteiger charge is -2.44. The molecule has 6 heteroatoms. The summed E-state index contributed by atoms with van der Waals surface area (Å²) in [5.74, 6) is -0.0404. The molecule has 1 unspecified atom stereocenters. The molecule has 174 valence electrons. The van der Waals surface area contributed by atoms with Gasteiger partial charge in [-0.1, -0.05) is 56.0 Å². The number of carbonyl (C=O) groups is 2. The standard InChI is InChI=1S/C27H33N3O2S/c1-27(26(32)28-21-13-7-2-3-8-14-21)19-29-22-15-17-33-24(22)18-23(29)25(31)30(27)16-9-12-20-10-5-4-6-11-20/h4-6,10-11,15,17-18,21H,2-3,7-9,12-14,16,19H2,1H3,(H,28,32). The molecule has 0 bridgehead atoms. The molecule has 1 N–H and O–H groups in total. The van der Waals surface area contributed by atoms with E-state index < -0.39 is 5.54 Å². The number of amides is 2. The molecule has 3 aromatic rings. The third-order valence-corrected chi connectivity index (χ3v) is 8.27. The number of hydrogen-bond acceptors (Lipinski definition) is 3. The Labute approximate surface area is 199 Å². The maximum Gasteiger partial charge on any atom is 0.271 e. The first kappa shape index (κ1) is 22.2. The number of nitrogens with one attached hydrogen (secondary N) is 1. The molecule has 2 aromatic heterocycles. The second-order valence-electron chi connectivity index (χ2n) is 9.77. The predicted molar refractivity (Wildman–Crippen MR) is 134 cm³/mol. The number of fused-ring (bicyclic) bond motifs is 3. The fourth-order valence-electron chi connectivity index (χ4n) is 5.47. The molecule has 1 saturated carbocycles. The second kappa shape index (κ2) is 9.34. The molecule has 0 spiro atoms. The van der Waals surface area contributed by atoms with Crippen molar-refractivity contribution in [1.29, 1.82) is 0 Å². The lowest BCUT2D eigenvalue weighted by atomic mass is 9.93. The van der Waals surface area contributed by atoms with Crippen molar-refractivity contribution in [2.24, 2.45) is 0 Å². The molecule has 1 aliphatic heterocycles. The van der Waals surface area contributed by atoms with Crippen LogP contribution in [-0.2, 0) is 17.8 Å². The van der Waals surface area contributed by atoms with Crippen LogP contribution in [0.3, 0.4) is 0 Å². The van der Waals surface area contributed by atoms with Crippen molar-refractivity contribution in [3.05, 3.63) is 59.1 Å². The first-order valence-electron chi connectivity index (χ1n) is 12.3. The summed E-state index contributed by atoms with van der Waals surface area (Å²) in [5, 5.41) is 5.40. The monoisotopic (exact) mass is 463 g/mol. The fourth-order valence-corrected chi connectivity index (χ4v) is 6.30. The van der Waals surface area contributed by atoms with E-state index in [1.807, 2.05) is 36.1 Å². The van der Waals surface area contributed by atoms with Crippen LogP contribution >= 0.6 is 11.3 Å². The summed E-state index contributed by atoms with van der Waals surface area (Å²) in [6, 6.07) is 14.6. The van der Waals surface area contributed by atoms with Gasteiger partial charge in [-0.15, -0.1) is 11.3 Å². The van der Waals surface area contributed by atoms with Gasteiger partial charge >= 0.3 is 0 Å². The summed E-state index contributed by atoms with van der Waals surface area (Å²) < 4.78 is 3.17. The SMILES string of the molecule is CC1(C(=O)NC2CCCCCC2)Cn2c(cc3sccc32)C(=O)N1CCCc1ccccc1. The van der Waals surface area contributed by atoms with Crippen LogP contribution in [0.1, 0.15) is 67.9 Å². The number of carbonyl (C=O) groups excluding carboxylic acids is 2. The zero-order valence-electron chi connectivity index (χ0n) is 19.4. The Balaban J connectivity index is 1.41. The van der Waals surface area contributed by atoms with Crippen LogP contribution in [0.2, 0.25) is 0 Å². The Hall–Kier alpha value is -2.60. The molecule has 5 rings (SSSR count). The Morgan fingerprint density at radius 1 is 1.12 bits per heavy atom. The van der Waals surface area contributed by atoms with Crippen molar-refractivity contribution in [2.75, 3.05) is 6.54 Å². The van der Waals surface area contributed by atoms with E-state index in [0.717, 1.165) is 35.9 Å². The van der Waals surface area contributed by atoms with Gasteiger partial charge in [-0.05, 0) is 55.7 Å². The highest BCUT2D eigenvalue weighted by atomic mass is 32.1. The minimum Gasteiger partial charge on any atom is -0.351 e. The zero-order valence-corrected chi connectivity index (χ0v) is 20.2. The Morgan fingerprint density at radius 3 is 2.64 bits per heavy atom. The number of nitrogens with zero attached hydrogens (tertiary/aromatic N) is 2. The molecule has 0 radical (unpaired) electrons. The average molecular weight is 464 g/mol. The van der Waals surface area contributed by atoms with Gasteiger partial charge in [0.1, 0.15) is 11.2 Å². The van der Waals surface area contributed by atoms with Crippen LogP contribution < -0.4 is 5.32 Å². The molecule has 3 heterocycles. The summed E-state index contributed by atoms with van der Waals surface area (Å²) in [5.41, 5.74) is 2.12. The fraction of sp³-hybridized carbons (Fsp3) is 0.481. The van der Waals surface area contributed by atoms with Gasteiger partial charge in [0.25, 0.3) is 5.91 Å². The summed E-state index contributed by atoms with van der Waals surface area (Å²) in [6.07, 6.45) is 8.61. The van der Waals surface area contributed by atoms with Gasteiger partial charge in [0, 0.05) is 12.6 Å². The van der Waals surface area contributed by atoms with Crippen molar-refractivity contribution >= 4 is 33.4 Å². The van der Waals surface area contributed by atoms with Crippen LogP contribution in [0.4, 0.5) is 0 Å². The van der Waals surface area contributed by atoms with Gasteiger partial charge in [0.05, 0.1) is 16.8 Å². The van der Waals surface area contributed by atoms with Crippen LogP contribution in [0.15, 0.2) is 47.8 Å². The summed E-state index contributed by atoms with van der Waals surface area (Å²) >= 11 is 1.65. The average Bonchev–Trinajstić information content (AvgIpc) is 3.31. The molecule has 2 amide bonds. The van der Waals surface area contributed by atoms with Gasteiger partial charge in [-0.3, -0.25) is 9.59 Å². The van der Waals surface area contributed by atoms with E-state index in [1.165, 1.54) is 31.2 Å². The maximum absolute atomic E-state index is 13.8. The molecular formula is C27H33N3O2S. The molecule has 1 fully saturated rings. The predicted octanol–water partition coefficient (Wildman–Crippen LogP) is 5.39. The molecule has 5 nitrogen and oxygen atoms in total. The quantitative estimate of drug-likeness (QED) is 0.499. The van der Waals surface area contributed by atoms with Crippen molar-refractivity contribution in [3.63, 3.8) is 0 Å². The van der Waals surface area contributed by atoms with Crippen molar-refractivity contribution in [2.45, 2.75) is 76.4 Å². The minimum atomic E-state index is -0.902. The maximum atomic E-state index is 13.8. The number of rotatable bonds is 6. The first-order valence-corrected chi connectivity index (χ1v) is 13.2. The third kappa shape index (κ3) is 4.33. The van der Waals surface area contributed by atoms with Gasteiger partial charge < -0.3 is 14.8 Å². The zero-order chi connectivity index (χ0) is 22.8. The van der Waals surface area contributed by atoms with Gasteiger partial charge in [-0.2, -0.15) is 0 Å². The van der Waals surface area contributed by atoms with Gasteiger partial charge in [-0.25, -0.2) is 0 Å². The highest BCUT2D eigenvalue weighted by Crippen LogP contribution is 2.35. The van der Waals surface area contributed by atoms with Crippen LogP contribution in [0.25, 0.3) is 10.2 Å². The van der Waals surface area contributed by atoms with Crippen LogP contribution in [0, 0.1) is 0 Å². The van der Waals surface area contributed by atoms with E-state index in [9.17, 15) is 9.59 Å². The Kier molecular flexibility index (Phi) is 6.28. The van der Waals surface area contributed by atoms with Crippen molar-refractivity contribution in [3.8, 4) is 0 Å². The Bertz CT molecular complexity index is 1130. The van der Waals surface area contributed by atoms with E-state index in [-0.39, 0.29) is 17.9 Å². The topological polar surface area (TPSA) is 54.3 Å². The number of aromatic nitrogens is 1. The lowest BCUT2D eigenvalue weighted by Crippen LogP contribution is -2.65. The first-order chi connectivity index (χ1) is 16.1. The number of benzene rings is 1. The normalized spacial score (nSPS) is 21.7. The largest absolute Gasteiger partial charge is 0.351 e. The minimum absolute atomic E-state index is 0.00908. The van der Waals surface area contributed by atoms with Crippen LogP contribution in [-0.4, -0.2) is 39.4 Å². The number of aryl methyl sites for hydroxylation is 1. The van der Waals surface area contributed by atoms with E-state index in [1.54, 1.807) is 11.3 Å². The van der Waals surface area contributed by atoms with E-state index >= 15 is 0 Å². The van der Waals surface area contributed by atoms with E-state index in [4.69, 9.17) is 0 Å². The molecule has 1 aromatic carbocycles. The van der Waals surface area contributed by atoms with Gasteiger partial charge in [0.15, 0.2) is 0 Å². The molecule has 0 saturated heterocycles. The highest BCUT2D eigenvalue weighted by molar-refractivity contribution is 7.17. The van der Waals surface area contributed by atoms with E-state index in [2.05, 4.69) is 33.5 Å². The third-order valence-electron chi connectivity index (χ3n) is 7.42. The lowest BCUT2D eigenvalue weighted by molar-refractivity contribution is -0.133. The summed E-state index contributed by atoms with van der Waals surface area (Å²) in [7, 11) is 0. The number of thiophene rings is 1. The van der Waals surface area contributed by atoms with Crippen molar-refractivity contribution < 1.29 is 9.59 Å². The molecule has 2 aliphatic rings. The number of hydrogen-bond donors (Lipinski definition) is 1. The second-order valence-corrected chi connectivity index (χ2v) is 10.7. The van der Waals surface area contributed by atoms with Crippen LogP contribution in [0.5, 0.6) is 0 Å². The molecule has 33 heavy (non-hydrogen) atoms. The summed E-state index contributed by atoms with van der Waals surface area (Å²) in [4.78, 5) is 29.4. The Morgan fingerprint density at radius 2 is 1.88 bits per heavy atom. The van der Waals surface area contributed by atoms with Crippen molar-refractivity contribution in [1.82, 2.24) is 14.8 Å². The highest BCUT2D eigenvalue weighted by Gasteiger charge is 2.47. The molecule has 1 aliphatic carbocycles.